The molecule has 1 atom stereocenters. The Morgan fingerprint density at radius 1 is 1.14 bits per heavy atom. The van der Waals surface area contributed by atoms with Gasteiger partial charge in [-0.3, -0.25) is 14.4 Å². The number of rotatable bonds is 10. The van der Waals surface area contributed by atoms with Gasteiger partial charge in [-0.15, -0.1) is 0 Å². The summed E-state index contributed by atoms with van der Waals surface area (Å²) in [5.41, 5.74) is 3.16. The second-order valence-corrected chi connectivity index (χ2v) is 7.96. The molecule has 0 radical (unpaired) electrons. The second-order valence-electron chi connectivity index (χ2n) is 7.52. The van der Waals surface area contributed by atoms with Crippen LogP contribution in [0.2, 0.25) is 5.02 Å². The van der Waals surface area contributed by atoms with Crippen LogP contribution in [0.25, 0.3) is 0 Å². The molecule has 0 unspecified atom stereocenters. The van der Waals surface area contributed by atoms with Crippen molar-refractivity contribution in [3.05, 3.63) is 53.1 Å². The monoisotopic (exact) mass is 502 g/mol. The molecule has 11 heteroatoms. The highest BCUT2D eigenvalue weighted by Crippen LogP contribution is 2.22. The fourth-order valence-corrected chi connectivity index (χ4v) is 3.38. The normalized spacial score (nSPS) is 15.0. The largest absolute Gasteiger partial charge is 0.494 e. The van der Waals surface area contributed by atoms with Gasteiger partial charge in [0.1, 0.15) is 11.5 Å². The minimum Gasteiger partial charge on any atom is -0.494 e. The summed E-state index contributed by atoms with van der Waals surface area (Å²) >= 11 is 6.05. The first-order chi connectivity index (χ1) is 16.9. The van der Waals surface area contributed by atoms with E-state index in [-0.39, 0.29) is 25.2 Å². The Hall–Kier alpha value is -3.63. The van der Waals surface area contributed by atoms with Crippen LogP contribution in [0, 0.1) is 0 Å². The van der Waals surface area contributed by atoms with Crippen LogP contribution < -0.4 is 25.5 Å². The van der Waals surface area contributed by atoms with Crippen LogP contribution in [-0.4, -0.2) is 56.4 Å². The lowest BCUT2D eigenvalue weighted by Crippen LogP contribution is -2.41. The molecule has 0 spiro atoms. The number of nitrogens with zero attached hydrogens (tertiary/aromatic N) is 1. The van der Waals surface area contributed by atoms with E-state index < -0.39 is 11.8 Å². The summed E-state index contributed by atoms with van der Waals surface area (Å²) in [6.45, 7) is 3.10. The molecule has 0 bridgehead atoms. The highest BCUT2D eigenvalue weighted by atomic mass is 35.5. The summed E-state index contributed by atoms with van der Waals surface area (Å²) in [5, 5.41) is 9.43. The van der Waals surface area contributed by atoms with E-state index in [1.807, 2.05) is 6.92 Å². The Kier molecular flexibility index (Phi) is 9.88. The van der Waals surface area contributed by atoms with Gasteiger partial charge in [-0.1, -0.05) is 11.6 Å². The molecule has 2 aromatic carbocycles. The van der Waals surface area contributed by atoms with Crippen LogP contribution in [0.15, 0.2) is 47.6 Å². The molecular weight excluding hydrogens is 476 g/mol. The smallest absolute Gasteiger partial charge is 0.329 e. The van der Waals surface area contributed by atoms with E-state index in [1.165, 1.54) is 6.21 Å². The van der Waals surface area contributed by atoms with Gasteiger partial charge in [0.05, 0.1) is 18.9 Å². The number of anilines is 1. The van der Waals surface area contributed by atoms with Gasteiger partial charge in [0, 0.05) is 29.4 Å². The van der Waals surface area contributed by atoms with Crippen LogP contribution in [0.4, 0.5) is 5.69 Å². The zero-order valence-electron chi connectivity index (χ0n) is 19.2. The average Bonchev–Trinajstić information content (AvgIpc) is 3.37. The number of hydrazone groups is 1. The fourth-order valence-electron chi connectivity index (χ4n) is 3.20. The van der Waals surface area contributed by atoms with Crippen LogP contribution >= 0.6 is 11.6 Å². The summed E-state index contributed by atoms with van der Waals surface area (Å²) in [6.07, 6.45) is 2.98. The van der Waals surface area contributed by atoms with Crippen molar-refractivity contribution in [2.75, 3.05) is 31.7 Å². The fraction of sp³-hybridized carbons (Fsp3) is 0.333. The molecule has 3 amide bonds. The van der Waals surface area contributed by atoms with Crippen molar-refractivity contribution < 1.29 is 28.6 Å². The lowest BCUT2D eigenvalue weighted by Gasteiger charge is -2.11. The van der Waals surface area contributed by atoms with E-state index in [9.17, 15) is 14.4 Å². The summed E-state index contributed by atoms with van der Waals surface area (Å²) in [5.74, 6) is -1.08. The molecule has 1 heterocycles. The molecule has 3 N–H and O–H groups in total. The molecule has 10 nitrogen and oxygen atoms in total. The van der Waals surface area contributed by atoms with Crippen LogP contribution in [0.1, 0.15) is 25.3 Å². The molecular formula is C24H27ClN4O6. The molecule has 0 saturated carbocycles. The zero-order chi connectivity index (χ0) is 25.0. The average molecular weight is 503 g/mol. The minimum atomic E-state index is -0.918. The third-order valence-corrected chi connectivity index (χ3v) is 5.11. The highest BCUT2D eigenvalue weighted by Gasteiger charge is 2.19. The second kappa shape index (κ2) is 13.3. The molecule has 35 heavy (non-hydrogen) atoms. The minimum absolute atomic E-state index is 0.0759. The maximum atomic E-state index is 12.3. The molecule has 186 valence electrons. The van der Waals surface area contributed by atoms with Crippen molar-refractivity contribution in [3.8, 4) is 11.5 Å². The predicted octanol–water partition coefficient (Wildman–Crippen LogP) is 2.50. The molecule has 1 aliphatic rings. The number of ether oxygens (including phenoxy) is 3. The van der Waals surface area contributed by atoms with Crippen molar-refractivity contribution in [1.29, 1.82) is 0 Å². The van der Waals surface area contributed by atoms with Crippen molar-refractivity contribution >= 4 is 41.2 Å². The number of carbonyl (C=O) groups is 3. The summed E-state index contributed by atoms with van der Waals surface area (Å²) < 4.78 is 16.4. The van der Waals surface area contributed by atoms with Crippen molar-refractivity contribution in [1.82, 2.24) is 10.7 Å². The van der Waals surface area contributed by atoms with E-state index in [4.69, 9.17) is 25.8 Å². The predicted molar refractivity (Wildman–Crippen MR) is 131 cm³/mol. The molecule has 1 saturated heterocycles. The van der Waals surface area contributed by atoms with Gasteiger partial charge in [-0.2, -0.15) is 5.10 Å². The quantitative estimate of drug-likeness (QED) is 0.260. The molecule has 1 aliphatic heterocycles. The van der Waals surface area contributed by atoms with E-state index >= 15 is 0 Å². The van der Waals surface area contributed by atoms with E-state index in [2.05, 4.69) is 21.2 Å². The molecule has 1 fully saturated rings. The molecule has 0 aliphatic carbocycles. The van der Waals surface area contributed by atoms with Crippen LogP contribution in [0.5, 0.6) is 11.5 Å². The van der Waals surface area contributed by atoms with Gasteiger partial charge in [-0.05, 0) is 62.2 Å². The number of amides is 3. The number of hydrogen-bond acceptors (Lipinski definition) is 7. The summed E-state index contributed by atoms with van der Waals surface area (Å²) in [4.78, 5) is 36.1. The number of benzene rings is 2. The van der Waals surface area contributed by atoms with E-state index in [0.717, 1.165) is 12.8 Å². The highest BCUT2D eigenvalue weighted by molar-refractivity contribution is 6.35. The van der Waals surface area contributed by atoms with Crippen LogP contribution in [0.3, 0.4) is 0 Å². The summed E-state index contributed by atoms with van der Waals surface area (Å²) in [6, 6.07) is 11.7. The molecule has 0 aromatic heterocycles. The first kappa shape index (κ1) is 26.0. The van der Waals surface area contributed by atoms with E-state index in [0.29, 0.717) is 41.0 Å². The lowest BCUT2D eigenvalue weighted by molar-refractivity contribution is -0.139. The third kappa shape index (κ3) is 8.58. The van der Waals surface area contributed by atoms with Gasteiger partial charge < -0.3 is 24.8 Å². The number of halogens is 1. The Morgan fingerprint density at radius 3 is 2.66 bits per heavy atom. The lowest BCUT2D eigenvalue weighted by atomic mass is 10.2. The first-order valence-electron chi connectivity index (χ1n) is 11.1. The Labute approximate surface area is 208 Å². The maximum absolute atomic E-state index is 12.3. The van der Waals surface area contributed by atoms with Gasteiger partial charge in [-0.25, -0.2) is 5.43 Å². The van der Waals surface area contributed by atoms with Crippen molar-refractivity contribution in [3.63, 3.8) is 0 Å². The van der Waals surface area contributed by atoms with Crippen molar-refractivity contribution in [2.45, 2.75) is 25.9 Å². The van der Waals surface area contributed by atoms with Gasteiger partial charge >= 0.3 is 11.8 Å². The Bertz CT molecular complexity index is 1050. The molecule has 3 rings (SSSR count). The number of nitrogens with one attached hydrogen (secondary N) is 3. The van der Waals surface area contributed by atoms with E-state index in [1.54, 1.807) is 42.5 Å². The number of carbonyl (C=O) groups excluding carboxylic acids is 3. The zero-order valence-corrected chi connectivity index (χ0v) is 20.0. The van der Waals surface area contributed by atoms with Crippen molar-refractivity contribution in [2.24, 2.45) is 5.10 Å². The van der Waals surface area contributed by atoms with Gasteiger partial charge in [0.25, 0.3) is 5.91 Å². The standard InChI is InChI=1S/C24H27ClN4O6/c1-2-33-19-8-6-18(7-9-19)28-22(30)15-35-21-10-5-17(25)12-16(21)13-27-29-24(32)23(31)26-14-20-4-3-11-34-20/h5-10,12-13,20H,2-4,11,14-15H2,1H3,(H,26,31)(H,28,30)(H,29,32)/b27-13-/t20-/m0/s1. The Balaban J connectivity index is 1.50. The van der Waals surface area contributed by atoms with Gasteiger partial charge in [0.2, 0.25) is 0 Å². The summed E-state index contributed by atoms with van der Waals surface area (Å²) in [7, 11) is 0. The van der Waals surface area contributed by atoms with Crippen LogP contribution in [-0.2, 0) is 19.1 Å². The first-order valence-corrected chi connectivity index (χ1v) is 11.5. The maximum Gasteiger partial charge on any atom is 0.329 e. The number of hydrogen-bond donors (Lipinski definition) is 3. The topological polar surface area (TPSA) is 127 Å². The SMILES string of the molecule is CCOc1ccc(NC(=O)COc2ccc(Cl)cc2/C=N\NC(=O)C(=O)NC[C@@H]2CCCO2)cc1. The Morgan fingerprint density at radius 2 is 1.94 bits per heavy atom. The third-order valence-electron chi connectivity index (χ3n) is 4.87. The molecule has 2 aromatic rings. The van der Waals surface area contributed by atoms with Gasteiger partial charge in [0.15, 0.2) is 6.61 Å².